The fourth-order valence-electron chi connectivity index (χ4n) is 2.26. The number of carbonyl (C=O) groups is 1. The summed E-state index contributed by atoms with van der Waals surface area (Å²) in [5.74, 6) is -0.0241. The zero-order chi connectivity index (χ0) is 17.5. The number of hydroxylamine groups is 1. The van der Waals surface area contributed by atoms with E-state index in [1.165, 1.54) is 6.08 Å². The quantitative estimate of drug-likeness (QED) is 0.311. The molecule has 4 N–H and O–H groups in total. The molecule has 2 aromatic carbocycles. The van der Waals surface area contributed by atoms with E-state index in [9.17, 15) is 4.79 Å². The number of nitrogens with zero attached hydrogens (tertiary/aromatic N) is 3. The number of anilines is 1. The second kappa shape index (κ2) is 7.84. The molecule has 3 rings (SSSR count). The minimum atomic E-state index is -0.577. The number of aromatic amines is 1. The molecule has 25 heavy (non-hydrogen) atoms. The summed E-state index contributed by atoms with van der Waals surface area (Å²) in [7, 11) is 0. The van der Waals surface area contributed by atoms with Gasteiger partial charge in [0, 0.05) is 23.9 Å². The summed E-state index contributed by atoms with van der Waals surface area (Å²) in [5, 5.41) is 25.7. The molecule has 126 valence electrons. The number of amides is 1. The molecule has 0 aliphatic rings. The van der Waals surface area contributed by atoms with Crippen LogP contribution in [0, 0.1) is 0 Å². The first-order chi connectivity index (χ1) is 12.3. The van der Waals surface area contributed by atoms with Crippen LogP contribution >= 0.6 is 0 Å². The van der Waals surface area contributed by atoms with E-state index < -0.39 is 5.91 Å². The van der Waals surface area contributed by atoms with Crippen molar-refractivity contribution in [2.24, 2.45) is 0 Å². The van der Waals surface area contributed by atoms with Crippen LogP contribution in [0.25, 0.3) is 17.5 Å². The van der Waals surface area contributed by atoms with E-state index in [-0.39, 0.29) is 0 Å². The third-order valence-electron chi connectivity index (χ3n) is 3.53. The summed E-state index contributed by atoms with van der Waals surface area (Å²) in [6, 6.07) is 15.4. The summed E-state index contributed by atoms with van der Waals surface area (Å²) in [6.45, 7) is 0.615. The van der Waals surface area contributed by atoms with Gasteiger partial charge in [0.15, 0.2) is 0 Å². The number of nitrogens with one attached hydrogen (secondary N) is 3. The molecule has 0 saturated carbocycles. The van der Waals surface area contributed by atoms with Gasteiger partial charge in [-0.1, -0.05) is 42.5 Å². The highest BCUT2D eigenvalue weighted by atomic mass is 16.5. The average Bonchev–Trinajstić information content (AvgIpc) is 3.20. The second-order valence-corrected chi connectivity index (χ2v) is 5.18. The van der Waals surface area contributed by atoms with Crippen molar-refractivity contribution in [1.82, 2.24) is 26.1 Å². The Morgan fingerprint density at radius 1 is 1.16 bits per heavy atom. The molecular weight excluding hydrogens is 320 g/mol. The van der Waals surface area contributed by atoms with Gasteiger partial charge in [-0.25, -0.2) is 5.48 Å². The highest BCUT2D eigenvalue weighted by Gasteiger charge is 2.03. The molecule has 0 radical (unpaired) electrons. The fourth-order valence-corrected chi connectivity index (χ4v) is 2.26. The lowest BCUT2D eigenvalue weighted by Crippen LogP contribution is -2.14. The molecule has 0 fully saturated rings. The minimum absolute atomic E-state index is 0.553. The highest BCUT2D eigenvalue weighted by molar-refractivity contribution is 5.91. The third kappa shape index (κ3) is 4.27. The first kappa shape index (κ1) is 16.3. The predicted octanol–water partition coefficient (Wildman–Crippen LogP) is 2.00. The molecule has 0 aliphatic heterocycles. The third-order valence-corrected chi connectivity index (χ3v) is 3.53. The number of H-pyrrole nitrogens is 1. The Bertz CT molecular complexity index is 859. The number of benzene rings is 2. The van der Waals surface area contributed by atoms with Gasteiger partial charge in [-0.2, -0.15) is 5.21 Å². The van der Waals surface area contributed by atoms with Crippen LogP contribution in [0.5, 0.6) is 0 Å². The Morgan fingerprint density at radius 3 is 2.68 bits per heavy atom. The Balaban J connectivity index is 1.67. The first-order valence-electron chi connectivity index (χ1n) is 7.54. The number of hydrogen-bond donors (Lipinski definition) is 4. The summed E-state index contributed by atoms with van der Waals surface area (Å²) in [6.07, 6.45) is 2.90. The van der Waals surface area contributed by atoms with Crippen LogP contribution in [-0.2, 0) is 11.3 Å². The van der Waals surface area contributed by atoms with Gasteiger partial charge in [-0.3, -0.25) is 10.0 Å². The summed E-state index contributed by atoms with van der Waals surface area (Å²) >= 11 is 0. The Morgan fingerprint density at radius 2 is 1.96 bits per heavy atom. The van der Waals surface area contributed by atoms with Gasteiger partial charge >= 0.3 is 0 Å². The van der Waals surface area contributed by atoms with E-state index in [0.29, 0.717) is 12.4 Å². The Hall–Kier alpha value is -3.52. The first-order valence-corrected chi connectivity index (χ1v) is 7.54. The molecule has 0 saturated heterocycles. The van der Waals surface area contributed by atoms with Crippen molar-refractivity contribution in [3.05, 3.63) is 65.7 Å². The summed E-state index contributed by atoms with van der Waals surface area (Å²) in [5.41, 5.74) is 5.26. The minimum Gasteiger partial charge on any atom is -0.380 e. The van der Waals surface area contributed by atoms with E-state index in [2.05, 4.69) is 25.9 Å². The van der Waals surface area contributed by atoms with E-state index in [1.807, 2.05) is 48.5 Å². The molecule has 8 heteroatoms. The zero-order valence-corrected chi connectivity index (χ0v) is 13.2. The van der Waals surface area contributed by atoms with E-state index >= 15 is 0 Å². The van der Waals surface area contributed by atoms with Gasteiger partial charge in [0.1, 0.15) is 0 Å². The normalized spacial score (nSPS) is 10.8. The average molecular weight is 336 g/mol. The molecule has 0 atom stereocenters. The predicted molar refractivity (Wildman–Crippen MR) is 92.3 cm³/mol. The second-order valence-electron chi connectivity index (χ2n) is 5.18. The zero-order valence-electron chi connectivity index (χ0n) is 13.2. The van der Waals surface area contributed by atoms with Gasteiger partial charge in [-0.15, -0.1) is 10.2 Å². The monoisotopic (exact) mass is 336 g/mol. The van der Waals surface area contributed by atoms with E-state index in [4.69, 9.17) is 5.21 Å². The number of aromatic nitrogens is 4. The molecule has 0 aliphatic carbocycles. The van der Waals surface area contributed by atoms with Crippen LogP contribution < -0.4 is 10.8 Å². The standard InChI is InChI=1S/C17H16N6O2/c24-16(21-25)10-9-13-3-1-2-4-15(13)18-11-12-5-7-14(8-6-12)17-19-22-23-20-17/h1-10,18,25H,11H2,(H,21,24)(H,19,20,22,23)/b10-9+. The van der Waals surface area contributed by atoms with Gasteiger partial charge < -0.3 is 5.32 Å². The molecule has 1 heterocycles. The highest BCUT2D eigenvalue weighted by Crippen LogP contribution is 2.19. The Kier molecular flexibility index (Phi) is 5.13. The molecule has 1 aromatic heterocycles. The van der Waals surface area contributed by atoms with Crippen molar-refractivity contribution in [2.45, 2.75) is 6.54 Å². The number of carbonyl (C=O) groups excluding carboxylic acids is 1. The lowest BCUT2D eigenvalue weighted by Gasteiger charge is -2.10. The molecule has 3 aromatic rings. The maximum absolute atomic E-state index is 11.1. The summed E-state index contributed by atoms with van der Waals surface area (Å²) in [4.78, 5) is 11.1. The van der Waals surface area contributed by atoms with Crippen molar-refractivity contribution in [3.63, 3.8) is 0 Å². The van der Waals surface area contributed by atoms with Gasteiger partial charge in [0.05, 0.1) is 0 Å². The molecule has 0 bridgehead atoms. The molecule has 1 amide bonds. The van der Waals surface area contributed by atoms with Crippen molar-refractivity contribution in [2.75, 3.05) is 5.32 Å². The van der Waals surface area contributed by atoms with Crippen molar-refractivity contribution >= 4 is 17.7 Å². The van der Waals surface area contributed by atoms with Crippen molar-refractivity contribution in [3.8, 4) is 11.4 Å². The van der Waals surface area contributed by atoms with Gasteiger partial charge in [0.2, 0.25) is 5.82 Å². The van der Waals surface area contributed by atoms with Crippen LogP contribution in [0.1, 0.15) is 11.1 Å². The number of rotatable bonds is 6. The molecule has 0 unspecified atom stereocenters. The smallest absolute Gasteiger partial charge is 0.267 e. The topological polar surface area (TPSA) is 116 Å². The van der Waals surface area contributed by atoms with Gasteiger partial charge in [0.25, 0.3) is 5.91 Å². The van der Waals surface area contributed by atoms with E-state index in [1.54, 1.807) is 11.6 Å². The Labute approximate surface area is 143 Å². The molecule has 0 spiro atoms. The molecule has 8 nitrogen and oxygen atoms in total. The molecular formula is C17H16N6O2. The largest absolute Gasteiger partial charge is 0.380 e. The lowest BCUT2D eigenvalue weighted by molar-refractivity contribution is -0.124. The van der Waals surface area contributed by atoms with Crippen LogP contribution in [0.3, 0.4) is 0 Å². The van der Waals surface area contributed by atoms with Crippen LogP contribution in [-0.4, -0.2) is 31.7 Å². The maximum Gasteiger partial charge on any atom is 0.267 e. The fraction of sp³-hybridized carbons (Fsp3) is 0.0588. The lowest BCUT2D eigenvalue weighted by atomic mass is 10.1. The van der Waals surface area contributed by atoms with Crippen LogP contribution in [0.4, 0.5) is 5.69 Å². The number of para-hydroxylation sites is 1. The van der Waals surface area contributed by atoms with Crippen LogP contribution in [0.15, 0.2) is 54.6 Å². The van der Waals surface area contributed by atoms with Gasteiger partial charge in [-0.05, 0) is 28.5 Å². The van der Waals surface area contributed by atoms with Crippen molar-refractivity contribution in [1.29, 1.82) is 0 Å². The van der Waals surface area contributed by atoms with Crippen LogP contribution in [0.2, 0.25) is 0 Å². The number of hydrogen-bond acceptors (Lipinski definition) is 6. The summed E-state index contributed by atoms with van der Waals surface area (Å²) < 4.78 is 0. The number of tetrazole rings is 1. The van der Waals surface area contributed by atoms with Crippen molar-refractivity contribution < 1.29 is 10.0 Å². The maximum atomic E-state index is 11.1. The SMILES string of the molecule is O=C(/C=C/c1ccccc1NCc1ccc(-c2nn[nH]n2)cc1)NO. The van der Waals surface area contributed by atoms with E-state index in [0.717, 1.165) is 22.4 Å².